The summed E-state index contributed by atoms with van der Waals surface area (Å²) in [5.74, 6) is 0. The third kappa shape index (κ3) is 3.04. The summed E-state index contributed by atoms with van der Waals surface area (Å²) in [4.78, 5) is 10.3. The van der Waals surface area contributed by atoms with Crippen LogP contribution in [0.4, 0.5) is 0 Å². The number of thiophene rings is 2. The van der Waals surface area contributed by atoms with Crippen LogP contribution in [0.3, 0.4) is 0 Å². The number of benzene rings is 7. The average Bonchev–Trinajstić information content (AvgIpc) is 3.78. The molecule has 0 atom stereocenters. The summed E-state index contributed by atoms with van der Waals surface area (Å²) < 4.78 is 6.39. The topological polar surface area (TPSA) is 30.7 Å². The van der Waals surface area contributed by atoms with Crippen LogP contribution in [-0.4, -0.2) is 14.5 Å². The fourth-order valence-electron chi connectivity index (χ4n) is 7.71. The molecule has 0 saturated carbocycles. The summed E-state index contributed by atoms with van der Waals surface area (Å²) in [6.07, 6.45) is 3.67. The minimum absolute atomic E-state index is 1.03. The maximum atomic E-state index is 4.75. The predicted molar refractivity (Wildman–Crippen MR) is 195 cm³/mol. The normalized spacial score (nSPS) is 12.4. The lowest BCUT2D eigenvalue weighted by Gasteiger charge is -2.14. The van der Waals surface area contributed by atoms with Gasteiger partial charge in [0, 0.05) is 53.6 Å². The van der Waals surface area contributed by atoms with Crippen molar-refractivity contribution in [1.29, 1.82) is 0 Å². The molecular weight excluding hydrogens is 587 g/mol. The van der Waals surface area contributed by atoms with Crippen LogP contribution in [0.1, 0.15) is 0 Å². The van der Waals surface area contributed by atoms with Crippen LogP contribution in [0.15, 0.2) is 128 Å². The summed E-state index contributed by atoms with van der Waals surface area (Å²) in [6, 6.07) is 42.4. The zero-order chi connectivity index (χ0) is 29.2. The molecule has 0 aliphatic heterocycles. The van der Waals surface area contributed by atoms with Gasteiger partial charge in [0.15, 0.2) is 0 Å². The largest absolute Gasteiger partial charge is 0.308 e. The molecule has 0 unspecified atom stereocenters. The Kier molecular flexibility index (Phi) is 4.61. The fourth-order valence-corrected chi connectivity index (χ4v) is 10.2. The SMILES string of the molecule is c1ccc2c(c1)sc1c3c4cncnc4sc3c3c(c4ccccc4n3-c3ccc4c5ccccc5c5ccccc5c4c3)c21. The van der Waals surface area contributed by atoms with Crippen LogP contribution in [0.5, 0.6) is 0 Å². The van der Waals surface area contributed by atoms with Crippen molar-refractivity contribution in [3.8, 4) is 5.69 Å². The van der Waals surface area contributed by atoms with E-state index in [4.69, 9.17) is 4.98 Å². The molecule has 0 aliphatic rings. The minimum Gasteiger partial charge on any atom is -0.308 e. The lowest BCUT2D eigenvalue weighted by Crippen LogP contribution is -1.95. The molecule has 0 N–H and O–H groups in total. The van der Waals surface area contributed by atoms with E-state index in [1.54, 1.807) is 17.7 Å². The summed E-state index contributed by atoms with van der Waals surface area (Å²) >= 11 is 3.67. The molecule has 208 valence electrons. The Labute approximate surface area is 264 Å². The third-order valence-electron chi connectivity index (χ3n) is 9.52. The monoisotopic (exact) mass is 607 g/mol. The molecule has 4 heterocycles. The predicted octanol–water partition coefficient (Wildman–Crippen LogP) is 11.8. The molecule has 45 heavy (non-hydrogen) atoms. The van der Waals surface area contributed by atoms with Gasteiger partial charge in [-0.3, -0.25) is 0 Å². The number of nitrogens with zero attached hydrogens (tertiary/aromatic N) is 3. The highest BCUT2D eigenvalue weighted by Crippen LogP contribution is 2.51. The zero-order valence-corrected chi connectivity index (χ0v) is 25.4. The van der Waals surface area contributed by atoms with Gasteiger partial charge in [-0.2, -0.15) is 0 Å². The minimum atomic E-state index is 1.03. The van der Waals surface area contributed by atoms with Gasteiger partial charge >= 0.3 is 0 Å². The molecule has 0 amide bonds. The van der Waals surface area contributed by atoms with Crippen molar-refractivity contribution >= 4 is 117 Å². The van der Waals surface area contributed by atoms with Crippen molar-refractivity contribution < 1.29 is 0 Å². The van der Waals surface area contributed by atoms with Crippen molar-refractivity contribution in [2.45, 2.75) is 0 Å². The van der Waals surface area contributed by atoms with Crippen LogP contribution in [0.2, 0.25) is 0 Å². The van der Waals surface area contributed by atoms with E-state index in [0.29, 0.717) is 0 Å². The van der Waals surface area contributed by atoms with Crippen LogP contribution < -0.4 is 0 Å². The molecule has 0 radical (unpaired) electrons. The van der Waals surface area contributed by atoms with E-state index in [-0.39, 0.29) is 0 Å². The Balaban J connectivity index is 1.40. The van der Waals surface area contributed by atoms with E-state index in [0.717, 1.165) is 15.9 Å². The Morgan fingerprint density at radius 3 is 1.91 bits per heavy atom. The zero-order valence-electron chi connectivity index (χ0n) is 23.8. The van der Waals surface area contributed by atoms with Gasteiger partial charge in [-0.15, -0.1) is 22.7 Å². The molecular formula is C40H21N3S2. The first kappa shape index (κ1) is 24.0. The molecule has 0 spiro atoms. The molecule has 0 fully saturated rings. The van der Waals surface area contributed by atoms with E-state index >= 15 is 0 Å². The first-order valence-corrected chi connectivity index (χ1v) is 16.7. The quantitative estimate of drug-likeness (QED) is 0.174. The Hall–Kier alpha value is -5.36. The molecule has 11 aromatic rings. The highest BCUT2D eigenvalue weighted by molar-refractivity contribution is 7.30. The molecule has 0 aliphatic carbocycles. The van der Waals surface area contributed by atoms with Crippen LogP contribution in [0, 0.1) is 0 Å². The van der Waals surface area contributed by atoms with Gasteiger partial charge in [0.25, 0.3) is 0 Å². The molecule has 5 heteroatoms. The number of para-hydroxylation sites is 1. The second-order valence-corrected chi connectivity index (χ2v) is 13.8. The first-order chi connectivity index (χ1) is 22.3. The van der Waals surface area contributed by atoms with Gasteiger partial charge in [0.1, 0.15) is 11.2 Å². The van der Waals surface area contributed by atoms with E-state index in [1.807, 2.05) is 17.5 Å². The number of aromatic nitrogens is 3. The number of fused-ring (bicyclic) bond motifs is 18. The average molecular weight is 608 g/mol. The van der Waals surface area contributed by atoms with Gasteiger partial charge < -0.3 is 4.57 Å². The van der Waals surface area contributed by atoms with E-state index < -0.39 is 0 Å². The lowest BCUT2D eigenvalue weighted by atomic mass is 9.94. The van der Waals surface area contributed by atoms with Crippen LogP contribution in [-0.2, 0) is 0 Å². The number of rotatable bonds is 1. The smallest absolute Gasteiger partial charge is 0.127 e. The first-order valence-electron chi connectivity index (χ1n) is 15.1. The maximum Gasteiger partial charge on any atom is 0.127 e. The molecule has 7 aromatic carbocycles. The van der Waals surface area contributed by atoms with Crippen molar-refractivity contribution in [1.82, 2.24) is 14.5 Å². The molecule has 4 aromatic heterocycles. The Morgan fingerprint density at radius 1 is 0.489 bits per heavy atom. The fraction of sp³-hybridized carbons (Fsp3) is 0. The number of hydrogen-bond acceptors (Lipinski definition) is 4. The van der Waals surface area contributed by atoms with Crippen molar-refractivity contribution in [2.24, 2.45) is 0 Å². The van der Waals surface area contributed by atoms with Crippen molar-refractivity contribution in [2.75, 3.05) is 0 Å². The molecule has 0 saturated heterocycles. The summed E-state index contributed by atoms with van der Waals surface area (Å²) in [5, 5.41) is 15.3. The second-order valence-electron chi connectivity index (χ2n) is 11.7. The van der Waals surface area contributed by atoms with Gasteiger partial charge in [0.05, 0.1) is 15.7 Å². The Bertz CT molecular complexity index is 3020. The lowest BCUT2D eigenvalue weighted by molar-refractivity contribution is 1.19. The van der Waals surface area contributed by atoms with E-state index in [9.17, 15) is 0 Å². The maximum absolute atomic E-state index is 4.75. The highest BCUT2D eigenvalue weighted by atomic mass is 32.1. The molecule has 11 rings (SSSR count). The highest BCUT2D eigenvalue weighted by Gasteiger charge is 2.25. The van der Waals surface area contributed by atoms with Gasteiger partial charge in [-0.05, 0) is 56.6 Å². The van der Waals surface area contributed by atoms with Gasteiger partial charge in [-0.1, -0.05) is 91.0 Å². The summed E-state index contributed by atoms with van der Waals surface area (Å²) in [7, 11) is 0. The van der Waals surface area contributed by atoms with Gasteiger partial charge in [-0.25, -0.2) is 9.97 Å². The molecule has 3 nitrogen and oxygen atoms in total. The van der Waals surface area contributed by atoms with Gasteiger partial charge in [0.2, 0.25) is 0 Å². The van der Waals surface area contributed by atoms with Crippen LogP contribution >= 0.6 is 22.7 Å². The van der Waals surface area contributed by atoms with Crippen molar-refractivity contribution in [3.05, 3.63) is 128 Å². The standard InChI is InChI=1S/C40H21N3S2/c1-2-11-25-23(9-1)24-10-3-4-12-26(24)30-19-22(17-18-27(25)30)43-32-15-7-5-13-28(32)34-35-29-14-6-8-16-33(29)44-38(35)36-31-20-41-21-42-40(31)45-39(36)37(34)43/h1-21H. The van der Waals surface area contributed by atoms with Crippen LogP contribution in [0.25, 0.3) is 100 Å². The number of hydrogen-bond donors (Lipinski definition) is 0. The van der Waals surface area contributed by atoms with E-state index in [2.05, 4.69) is 125 Å². The Morgan fingerprint density at radius 2 is 1.13 bits per heavy atom. The third-order valence-corrected chi connectivity index (χ3v) is 11.8. The summed E-state index contributed by atoms with van der Waals surface area (Å²) in [5.41, 5.74) is 3.62. The second kappa shape index (κ2) is 8.63. The van der Waals surface area contributed by atoms with E-state index in [1.165, 1.54) is 84.4 Å². The molecule has 0 bridgehead atoms. The van der Waals surface area contributed by atoms with Crippen molar-refractivity contribution in [3.63, 3.8) is 0 Å². The summed E-state index contributed by atoms with van der Waals surface area (Å²) in [6.45, 7) is 0.